The number of amidine groups is 1. The first-order valence-electron chi connectivity index (χ1n) is 21.9. The van der Waals surface area contributed by atoms with E-state index in [-0.39, 0.29) is 16.7 Å². The van der Waals surface area contributed by atoms with Gasteiger partial charge in [0.05, 0.1) is 6.54 Å². The smallest absolute Gasteiger partial charge is 0.122 e. The Morgan fingerprint density at radius 3 is 2.37 bits per heavy atom. The highest BCUT2D eigenvalue weighted by atomic mass is 32.2. The van der Waals surface area contributed by atoms with Gasteiger partial charge in [0.2, 0.25) is 0 Å². The molecule has 1 aliphatic heterocycles. The second kappa shape index (κ2) is 18.5. The quantitative estimate of drug-likeness (QED) is 0.0636. The van der Waals surface area contributed by atoms with Gasteiger partial charge in [0.1, 0.15) is 5.84 Å². The topological polar surface area (TPSA) is 62.2 Å². The van der Waals surface area contributed by atoms with E-state index in [1.807, 2.05) is 30.8 Å². The predicted octanol–water partition coefficient (Wildman–Crippen LogP) is 15.3. The summed E-state index contributed by atoms with van der Waals surface area (Å²) in [5.41, 5.74) is 23.4. The molecule has 0 amide bonds. The fourth-order valence-electron chi connectivity index (χ4n) is 9.28. The number of benzene rings is 5. The lowest BCUT2D eigenvalue weighted by Crippen LogP contribution is -2.24. The Hall–Kier alpha value is -5.88. The van der Waals surface area contributed by atoms with Gasteiger partial charge in [-0.3, -0.25) is 10.4 Å². The number of fused-ring (bicyclic) bond motifs is 6. The fourth-order valence-corrected chi connectivity index (χ4v) is 12.0. The van der Waals surface area contributed by atoms with Gasteiger partial charge in [0.15, 0.2) is 0 Å². The van der Waals surface area contributed by atoms with Gasteiger partial charge in [-0.1, -0.05) is 197 Å². The highest BCUT2D eigenvalue weighted by Gasteiger charge is 2.37. The molecule has 0 saturated heterocycles. The van der Waals surface area contributed by atoms with E-state index in [0.29, 0.717) is 11.8 Å². The number of hydrogen-bond acceptors (Lipinski definition) is 4. The van der Waals surface area contributed by atoms with E-state index >= 15 is 0 Å². The van der Waals surface area contributed by atoms with Crippen molar-refractivity contribution in [2.75, 3.05) is 0 Å². The Morgan fingerprint density at radius 2 is 1.62 bits per heavy atom. The minimum absolute atomic E-state index is 0.0000454. The minimum Gasteiger partial charge on any atom is -0.384 e. The van der Waals surface area contributed by atoms with Gasteiger partial charge < -0.3 is 5.73 Å². The summed E-state index contributed by atoms with van der Waals surface area (Å²) < 4.78 is 0. The van der Waals surface area contributed by atoms with Crippen LogP contribution in [-0.2, 0) is 17.4 Å². The van der Waals surface area contributed by atoms with Crippen LogP contribution in [-0.4, -0.2) is 16.8 Å². The van der Waals surface area contributed by atoms with Crippen LogP contribution in [0.3, 0.4) is 0 Å². The molecule has 0 bridgehead atoms. The number of rotatable bonds is 10. The predicted molar refractivity (Wildman–Crippen MR) is 274 cm³/mol. The highest BCUT2D eigenvalue weighted by molar-refractivity contribution is 8.03. The second-order valence-electron chi connectivity index (χ2n) is 17.5. The maximum absolute atomic E-state index is 7.59. The molecule has 3 aliphatic carbocycles. The lowest BCUT2D eigenvalue weighted by atomic mass is 9.75. The Balaban J connectivity index is 0.000000199. The molecule has 63 heavy (non-hydrogen) atoms. The van der Waals surface area contributed by atoms with Crippen molar-refractivity contribution >= 4 is 40.6 Å². The number of allylic oxidation sites excluding steroid dienone is 9. The SMILES string of the molecule is C=C/C=C(\C=C/C)Sc1c(C)cccc1-c1ccc(CN=C(C)c2cccc3c2-c2ccccc2C3(C)C)cc1.CC1(c2cccc3c2SC2CC=CC=C32)C=CC(C(=N)N)=CC1. The summed E-state index contributed by atoms with van der Waals surface area (Å²) in [7, 11) is 0. The molecular weight excluding hydrogens is 803 g/mol. The summed E-state index contributed by atoms with van der Waals surface area (Å²) >= 11 is 3.79. The van der Waals surface area contributed by atoms with Crippen molar-refractivity contribution in [3.8, 4) is 22.3 Å². The highest BCUT2D eigenvalue weighted by Crippen LogP contribution is 2.53. The Bertz CT molecular complexity index is 2830. The van der Waals surface area contributed by atoms with Gasteiger partial charge in [-0.15, -0.1) is 11.8 Å². The molecule has 4 aliphatic rings. The number of nitrogens with zero attached hydrogens (tertiary/aromatic N) is 1. The Morgan fingerprint density at radius 1 is 0.905 bits per heavy atom. The molecule has 0 aromatic heterocycles. The summed E-state index contributed by atoms with van der Waals surface area (Å²) in [4.78, 5) is 8.94. The van der Waals surface area contributed by atoms with E-state index in [4.69, 9.17) is 16.1 Å². The van der Waals surface area contributed by atoms with Gasteiger partial charge in [-0.2, -0.15) is 0 Å². The van der Waals surface area contributed by atoms with E-state index in [0.717, 1.165) is 24.1 Å². The summed E-state index contributed by atoms with van der Waals surface area (Å²) in [5.74, 6) is 0.151. The number of aliphatic imine (C=N–C) groups is 1. The zero-order valence-electron chi connectivity index (χ0n) is 37.3. The third-order valence-electron chi connectivity index (χ3n) is 12.8. The molecule has 2 unspecified atom stereocenters. The van der Waals surface area contributed by atoms with Crippen molar-refractivity contribution in [1.82, 2.24) is 0 Å². The van der Waals surface area contributed by atoms with Crippen LogP contribution in [0.1, 0.15) is 86.4 Å². The van der Waals surface area contributed by atoms with Crippen LogP contribution < -0.4 is 5.73 Å². The maximum Gasteiger partial charge on any atom is 0.122 e. The van der Waals surface area contributed by atoms with Gasteiger partial charge in [0, 0.05) is 47.6 Å². The molecule has 5 heteroatoms. The number of nitrogens with one attached hydrogen (secondary N) is 1. The molecule has 5 aromatic rings. The third-order valence-corrected chi connectivity index (χ3v) is 15.5. The van der Waals surface area contributed by atoms with Crippen LogP contribution in [0.5, 0.6) is 0 Å². The first kappa shape index (κ1) is 43.8. The van der Waals surface area contributed by atoms with Crippen LogP contribution in [0.4, 0.5) is 0 Å². The van der Waals surface area contributed by atoms with Crippen molar-refractivity contribution in [2.45, 2.75) is 86.8 Å². The lowest BCUT2D eigenvalue weighted by molar-refractivity contribution is 0.586. The molecule has 0 fully saturated rings. The van der Waals surface area contributed by atoms with Crippen LogP contribution in [0, 0.1) is 12.3 Å². The lowest BCUT2D eigenvalue weighted by Gasteiger charge is -2.30. The summed E-state index contributed by atoms with van der Waals surface area (Å²) in [5, 5.41) is 8.16. The molecule has 0 saturated carbocycles. The molecule has 316 valence electrons. The first-order valence-corrected chi connectivity index (χ1v) is 23.6. The maximum atomic E-state index is 7.59. The normalized spacial score (nSPS) is 19.3. The van der Waals surface area contributed by atoms with Gasteiger partial charge >= 0.3 is 0 Å². The molecular formula is C58H57N3S2. The van der Waals surface area contributed by atoms with Crippen molar-refractivity contribution in [3.05, 3.63) is 220 Å². The van der Waals surface area contributed by atoms with Crippen molar-refractivity contribution < 1.29 is 0 Å². The number of nitrogens with two attached hydrogens (primary N) is 1. The molecule has 0 spiro atoms. The largest absolute Gasteiger partial charge is 0.384 e. The molecule has 3 N–H and O–H groups in total. The molecule has 2 atom stereocenters. The Kier molecular flexibility index (Phi) is 12.8. The monoisotopic (exact) mass is 859 g/mol. The number of aryl methyl sites for hydroxylation is 1. The van der Waals surface area contributed by atoms with Crippen LogP contribution >= 0.6 is 23.5 Å². The summed E-state index contributed by atoms with van der Waals surface area (Å²) in [6.45, 7) is 17.8. The molecule has 0 radical (unpaired) electrons. The average Bonchev–Trinajstić information content (AvgIpc) is 3.79. The van der Waals surface area contributed by atoms with E-state index in [2.05, 4.69) is 193 Å². The zero-order valence-corrected chi connectivity index (χ0v) is 39.0. The fraction of sp³-hybridized carbons (Fsp3) is 0.207. The summed E-state index contributed by atoms with van der Waals surface area (Å²) in [6.07, 6.45) is 23.1. The van der Waals surface area contributed by atoms with Crippen molar-refractivity contribution in [3.63, 3.8) is 0 Å². The van der Waals surface area contributed by atoms with Gasteiger partial charge in [-0.25, -0.2) is 0 Å². The van der Waals surface area contributed by atoms with Gasteiger partial charge in [0.25, 0.3) is 0 Å². The Labute approximate surface area is 383 Å². The zero-order chi connectivity index (χ0) is 44.3. The van der Waals surface area contributed by atoms with E-state index in [9.17, 15) is 0 Å². The van der Waals surface area contributed by atoms with Gasteiger partial charge in [-0.05, 0) is 101 Å². The molecule has 9 rings (SSSR count). The first-order chi connectivity index (χ1) is 30.4. The van der Waals surface area contributed by atoms with E-state index in [1.54, 1.807) is 11.8 Å². The van der Waals surface area contributed by atoms with Crippen LogP contribution in [0.15, 0.2) is 196 Å². The van der Waals surface area contributed by atoms with E-state index < -0.39 is 0 Å². The van der Waals surface area contributed by atoms with Crippen molar-refractivity contribution in [2.24, 2.45) is 10.7 Å². The van der Waals surface area contributed by atoms with E-state index in [1.165, 1.54) is 81.5 Å². The second-order valence-corrected chi connectivity index (χ2v) is 19.8. The van der Waals surface area contributed by atoms with Crippen LogP contribution in [0.2, 0.25) is 0 Å². The molecule has 5 aromatic carbocycles. The average molecular weight is 860 g/mol. The minimum atomic E-state index is -0.0290. The van der Waals surface area contributed by atoms with Crippen LogP contribution in [0.25, 0.3) is 27.8 Å². The van der Waals surface area contributed by atoms with Crippen molar-refractivity contribution in [1.29, 1.82) is 5.41 Å². The standard InChI is InChI=1S/C38H37NS.C20H20N2S/c1-7-13-30(14-8-2)40-37-26(3)15-11-18-32(37)29-23-21-28(22-24-29)25-39-27(4)31-17-12-20-35-36(31)33-16-9-10-19-34(33)38(35,5)6;1-20(11-9-13(10-12-20)19(21)22)16-7-4-6-15-14-5-2-3-8-17(14)23-18(15)16/h7-24H,1,25H2,2-6H3;2-7,9-11,17H,8,12H2,1H3,(H3,21,22)/b14-8-,30-13+,39-27?;. The number of thioether (sulfide) groups is 2. The molecule has 1 heterocycles. The third kappa shape index (κ3) is 8.74. The number of hydrogen-bond donors (Lipinski definition) is 2. The molecule has 3 nitrogen and oxygen atoms in total. The summed E-state index contributed by atoms with van der Waals surface area (Å²) in [6, 6.07) is 37.6.